The van der Waals surface area contributed by atoms with Crippen molar-refractivity contribution in [1.82, 2.24) is 9.88 Å². The van der Waals surface area contributed by atoms with Crippen molar-refractivity contribution in [3.8, 4) is 5.88 Å². The van der Waals surface area contributed by atoms with Gasteiger partial charge in [0.15, 0.2) is 0 Å². The first kappa shape index (κ1) is 14.1. The smallest absolute Gasteiger partial charge is 0.322 e. The van der Waals surface area contributed by atoms with Crippen molar-refractivity contribution in [1.29, 1.82) is 0 Å². The molecule has 2 heterocycles. The summed E-state index contributed by atoms with van der Waals surface area (Å²) in [6.07, 6.45) is 4.85. The van der Waals surface area contributed by atoms with Gasteiger partial charge < -0.3 is 19.7 Å². The molecule has 3 rings (SSSR count). The van der Waals surface area contributed by atoms with Crippen LogP contribution in [0.15, 0.2) is 18.3 Å². The Morgan fingerprint density at radius 3 is 3.05 bits per heavy atom. The standard InChI is InChI=1S/C15H21N3O3/c1-20-14-13(3-2-7-16-14)17-15(19)18(12-4-5-12)9-11-6-8-21-10-11/h2-3,7,11-12H,4-6,8-10H2,1H3,(H,17,19)/t11-/m1/s1. The van der Waals surface area contributed by atoms with Gasteiger partial charge in [-0.2, -0.15) is 0 Å². The molecule has 2 fully saturated rings. The molecule has 1 aliphatic carbocycles. The Kier molecular flexibility index (Phi) is 4.24. The number of nitrogens with one attached hydrogen (secondary N) is 1. The molecule has 21 heavy (non-hydrogen) atoms. The molecule has 0 radical (unpaired) electrons. The molecule has 114 valence electrons. The Labute approximate surface area is 124 Å². The minimum atomic E-state index is -0.0734. The predicted octanol–water partition coefficient (Wildman–Crippen LogP) is 2.12. The van der Waals surface area contributed by atoms with E-state index in [2.05, 4.69) is 10.3 Å². The van der Waals surface area contributed by atoms with E-state index in [1.165, 1.54) is 0 Å². The fraction of sp³-hybridized carbons (Fsp3) is 0.600. The molecular formula is C15H21N3O3. The highest BCUT2D eigenvalue weighted by atomic mass is 16.5. The zero-order chi connectivity index (χ0) is 14.7. The monoisotopic (exact) mass is 291 g/mol. The summed E-state index contributed by atoms with van der Waals surface area (Å²) in [5, 5.41) is 2.92. The highest BCUT2D eigenvalue weighted by molar-refractivity contribution is 5.91. The van der Waals surface area contributed by atoms with Crippen LogP contribution in [0.1, 0.15) is 19.3 Å². The Hall–Kier alpha value is -1.82. The number of pyridine rings is 1. The second-order valence-electron chi connectivity index (χ2n) is 5.60. The molecule has 0 aromatic carbocycles. The highest BCUT2D eigenvalue weighted by Crippen LogP contribution is 2.30. The molecule has 2 amide bonds. The first-order chi connectivity index (χ1) is 10.3. The quantitative estimate of drug-likeness (QED) is 0.902. The summed E-state index contributed by atoms with van der Waals surface area (Å²) in [5.74, 6) is 0.887. The van der Waals surface area contributed by atoms with Gasteiger partial charge in [0, 0.05) is 31.3 Å². The van der Waals surface area contributed by atoms with Crippen LogP contribution in [0.2, 0.25) is 0 Å². The number of ether oxygens (including phenoxy) is 2. The molecular weight excluding hydrogens is 270 g/mol. The van der Waals surface area contributed by atoms with Gasteiger partial charge in [-0.15, -0.1) is 0 Å². The van der Waals surface area contributed by atoms with Gasteiger partial charge in [0.1, 0.15) is 5.69 Å². The summed E-state index contributed by atoms with van der Waals surface area (Å²) in [6, 6.07) is 3.88. The molecule has 2 aliphatic rings. The van der Waals surface area contributed by atoms with Crippen molar-refractivity contribution in [2.45, 2.75) is 25.3 Å². The number of carbonyl (C=O) groups is 1. The van der Waals surface area contributed by atoms with Crippen molar-refractivity contribution < 1.29 is 14.3 Å². The van der Waals surface area contributed by atoms with Crippen LogP contribution in [0, 0.1) is 5.92 Å². The van der Waals surface area contributed by atoms with Crippen LogP contribution in [0.25, 0.3) is 0 Å². The lowest BCUT2D eigenvalue weighted by molar-refractivity contribution is 0.167. The lowest BCUT2D eigenvalue weighted by Gasteiger charge is -2.25. The Bertz CT molecular complexity index is 499. The third-order valence-corrected chi connectivity index (χ3v) is 3.93. The summed E-state index contributed by atoms with van der Waals surface area (Å²) in [7, 11) is 1.55. The van der Waals surface area contributed by atoms with Crippen molar-refractivity contribution in [2.24, 2.45) is 5.92 Å². The van der Waals surface area contributed by atoms with Gasteiger partial charge in [0.2, 0.25) is 5.88 Å². The fourth-order valence-electron chi connectivity index (χ4n) is 2.63. The molecule has 0 spiro atoms. The van der Waals surface area contributed by atoms with Gasteiger partial charge in [0.05, 0.1) is 13.7 Å². The van der Waals surface area contributed by atoms with Crippen LogP contribution in [0.5, 0.6) is 5.88 Å². The number of aromatic nitrogens is 1. The van der Waals surface area contributed by atoms with Crippen molar-refractivity contribution in [2.75, 3.05) is 32.2 Å². The minimum Gasteiger partial charge on any atom is -0.480 e. The second-order valence-corrected chi connectivity index (χ2v) is 5.60. The number of urea groups is 1. The number of anilines is 1. The largest absolute Gasteiger partial charge is 0.480 e. The first-order valence-electron chi connectivity index (χ1n) is 7.42. The predicted molar refractivity (Wildman–Crippen MR) is 78.5 cm³/mol. The zero-order valence-corrected chi connectivity index (χ0v) is 12.2. The molecule has 6 heteroatoms. The number of amides is 2. The van der Waals surface area contributed by atoms with E-state index < -0.39 is 0 Å². The van der Waals surface area contributed by atoms with E-state index >= 15 is 0 Å². The van der Waals surface area contributed by atoms with Gasteiger partial charge in [0.25, 0.3) is 0 Å². The first-order valence-corrected chi connectivity index (χ1v) is 7.42. The van der Waals surface area contributed by atoms with Gasteiger partial charge in [-0.3, -0.25) is 0 Å². The maximum absolute atomic E-state index is 12.5. The van der Waals surface area contributed by atoms with E-state index in [4.69, 9.17) is 9.47 Å². The highest BCUT2D eigenvalue weighted by Gasteiger charge is 2.35. The van der Waals surface area contributed by atoms with Crippen LogP contribution < -0.4 is 10.1 Å². The molecule has 0 unspecified atom stereocenters. The molecule has 0 bridgehead atoms. The lowest BCUT2D eigenvalue weighted by atomic mass is 10.1. The van der Waals surface area contributed by atoms with Gasteiger partial charge >= 0.3 is 6.03 Å². The number of hydrogen-bond acceptors (Lipinski definition) is 4. The van der Waals surface area contributed by atoms with Crippen molar-refractivity contribution >= 4 is 11.7 Å². The maximum atomic E-state index is 12.5. The molecule has 6 nitrogen and oxygen atoms in total. The van der Waals surface area contributed by atoms with Gasteiger partial charge in [-0.1, -0.05) is 0 Å². The summed E-state index contributed by atoms with van der Waals surface area (Å²) in [5.41, 5.74) is 0.610. The zero-order valence-electron chi connectivity index (χ0n) is 12.2. The van der Waals surface area contributed by atoms with Crippen LogP contribution in [-0.2, 0) is 4.74 Å². The van der Waals surface area contributed by atoms with Gasteiger partial charge in [-0.25, -0.2) is 9.78 Å². The van der Waals surface area contributed by atoms with Crippen LogP contribution >= 0.6 is 0 Å². The Morgan fingerprint density at radius 2 is 2.38 bits per heavy atom. The van der Waals surface area contributed by atoms with E-state index in [1.54, 1.807) is 25.4 Å². The van der Waals surface area contributed by atoms with Crippen molar-refractivity contribution in [3.05, 3.63) is 18.3 Å². The number of methoxy groups -OCH3 is 1. The van der Waals surface area contributed by atoms with Crippen LogP contribution in [0.4, 0.5) is 10.5 Å². The second kappa shape index (κ2) is 6.30. The van der Waals surface area contributed by atoms with E-state index in [1.807, 2.05) is 4.90 Å². The molecule has 1 aromatic heterocycles. The van der Waals surface area contributed by atoms with E-state index in [0.717, 1.165) is 39.0 Å². The summed E-state index contributed by atoms with van der Waals surface area (Å²) < 4.78 is 10.6. The van der Waals surface area contributed by atoms with Gasteiger partial charge in [-0.05, 0) is 31.4 Å². The van der Waals surface area contributed by atoms with E-state index in [9.17, 15) is 4.79 Å². The van der Waals surface area contributed by atoms with Crippen molar-refractivity contribution in [3.63, 3.8) is 0 Å². The third kappa shape index (κ3) is 3.44. The minimum absolute atomic E-state index is 0.0734. The average Bonchev–Trinajstić information content (AvgIpc) is 3.21. The lowest BCUT2D eigenvalue weighted by Crippen LogP contribution is -2.40. The SMILES string of the molecule is COc1ncccc1NC(=O)N(C[C@H]1CCOC1)C1CC1. The van der Waals surface area contributed by atoms with E-state index in [-0.39, 0.29) is 6.03 Å². The summed E-state index contributed by atoms with van der Waals surface area (Å²) in [4.78, 5) is 18.6. The maximum Gasteiger partial charge on any atom is 0.322 e. The van der Waals surface area contributed by atoms with Crippen LogP contribution in [0.3, 0.4) is 0 Å². The molecule has 1 aliphatic heterocycles. The number of carbonyl (C=O) groups excluding carboxylic acids is 1. The summed E-state index contributed by atoms with van der Waals surface area (Å²) >= 11 is 0. The fourth-order valence-corrected chi connectivity index (χ4v) is 2.63. The van der Waals surface area contributed by atoms with E-state index in [0.29, 0.717) is 23.5 Å². The number of hydrogen-bond donors (Lipinski definition) is 1. The molecule has 1 N–H and O–H groups in total. The summed E-state index contributed by atoms with van der Waals surface area (Å²) in [6.45, 7) is 2.33. The topological polar surface area (TPSA) is 63.7 Å². The Morgan fingerprint density at radius 1 is 1.52 bits per heavy atom. The molecule has 1 saturated carbocycles. The molecule has 1 saturated heterocycles. The number of rotatable bonds is 5. The molecule has 1 aromatic rings. The molecule has 1 atom stereocenters. The third-order valence-electron chi connectivity index (χ3n) is 3.93. The number of nitrogens with zero attached hydrogens (tertiary/aromatic N) is 2. The normalized spacial score (nSPS) is 21.1. The average molecular weight is 291 g/mol. The Balaban J connectivity index is 1.66. The van der Waals surface area contributed by atoms with Crippen LogP contribution in [-0.4, -0.2) is 48.8 Å².